The Labute approximate surface area is 94.1 Å². The van der Waals surface area contributed by atoms with Crippen molar-refractivity contribution >= 4 is 22.5 Å². The van der Waals surface area contributed by atoms with Crippen LogP contribution in [0.3, 0.4) is 0 Å². The molecule has 1 heterocycles. The monoisotopic (exact) mass is 215 g/mol. The normalized spacial score (nSPS) is 9.67. The molecule has 2 heteroatoms. The van der Waals surface area contributed by atoms with Crippen LogP contribution < -0.4 is 0 Å². The zero-order valence-electron chi connectivity index (χ0n) is 8.20. The van der Waals surface area contributed by atoms with Crippen LogP contribution in [0.1, 0.15) is 5.69 Å². The van der Waals surface area contributed by atoms with Gasteiger partial charge in [0.2, 0.25) is 0 Å². The Bertz CT molecular complexity index is 523. The highest BCUT2D eigenvalue weighted by Gasteiger charge is 1.95. The predicted molar refractivity (Wildman–Crippen MR) is 63.9 cm³/mol. The van der Waals surface area contributed by atoms with E-state index in [1.54, 1.807) is 0 Å². The Kier molecular flexibility index (Phi) is 3.22. The van der Waals surface area contributed by atoms with Crippen LogP contribution >= 0.6 is 11.6 Å². The van der Waals surface area contributed by atoms with Gasteiger partial charge < -0.3 is 0 Å². The van der Waals surface area contributed by atoms with Gasteiger partial charge in [0, 0.05) is 5.39 Å². The van der Waals surface area contributed by atoms with Crippen LogP contribution in [0.2, 0.25) is 0 Å². The number of hydrogen-bond donors (Lipinski definition) is 0. The maximum Gasteiger partial charge on any atom is 0.0835 e. The minimum Gasteiger partial charge on any atom is -0.252 e. The van der Waals surface area contributed by atoms with Gasteiger partial charge in [0.25, 0.3) is 0 Å². The highest BCUT2D eigenvalue weighted by molar-refractivity contribution is 6.19. The average molecular weight is 216 g/mol. The minimum atomic E-state index is 0.383. The summed E-state index contributed by atoms with van der Waals surface area (Å²) in [6.07, 6.45) is 0.664. The molecule has 0 aliphatic heterocycles. The van der Waals surface area contributed by atoms with Gasteiger partial charge in [-0.15, -0.1) is 11.6 Å². The highest BCUT2D eigenvalue weighted by atomic mass is 35.5. The molecule has 1 aromatic carbocycles. The number of fused-ring (bicyclic) bond motifs is 1. The van der Waals surface area contributed by atoms with Crippen LogP contribution in [0.5, 0.6) is 0 Å². The minimum absolute atomic E-state index is 0.383. The second-order valence-corrected chi connectivity index (χ2v) is 3.43. The largest absolute Gasteiger partial charge is 0.252 e. The van der Waals surface area contributed by atoms with Crippen molar-refractivity contribution in [1.29, 1.82) is 0 Å². The van der Waals surface area contributed by atoms with E-state index >= 15 is 0 Å². The number of alkyl halides is 1. The van der Waals surface area contributed by atoms with Crippen LogP contribution in [0, 0.1) is 11.8 Å². The standard InChI is InChI=1S/C13H10ClN/c14-10-4-3-6-12-9-8-11-5-1-2-7-13(11)15-12/h1-2,5,7-9H,6,10H2. The number of aromatic nitrogens is 1. The molecule has 1 nitrogen and oxygen atoms in total. The number of halogens is 1. The SMILES string of the molecule is ClCC#CCc1ccc2ccccc2n1. The number of nitrogens with zero attached hydrogens (tertiary/aromatic N) is 1. The Morgan fingerprint density at radius 3 is 2.80 bits per heavy atom. The Morgan fingerprint density at radius 2 is 1.93 bits per heavy atom. The van der Waals surface area contributed by atoms with E-state index in [0.29, 0.717) is 12.3 Å². The van der Waals surface area contributed by atoms with E-state index < -0.39 is 0 Å². The van der Waals surface area contributed by atoms with E-state index in [1.807, 2.05) is 24.3 Å². The molecule has 2 rings (SSSR count). The third-order valence-corrected chi connectivity index (χ3v) is 2.25. The lowest BCUT2D eigenvalue weighted by molar-refractivity contribution is 1.17. The smallest absolute Gasteiger partial charge is 0.0835 e. The van der Waals surface area contributed by atoms with Crippen molar-refractivity contribution in [3.05, 3.63) is 42.1 Å². The van der Waals surface area contributed by atoms with Crippen molar-refractivity contribution in [3.8, 4) is 11.8 Å². The quantitative estimate of drug-likeness (QED) is 0.527. The summed E-state index contributed by atoms with van der Waals surface area (Å²) in [5.74, 6) is 6.17. The Hall–Kier alpha value is -1.52. The van der Waals surface area contributed by atoms with E-state index in [-0.39, 0.29) is 0 Å². The zero-order valence-corrected chi connectivity index (χ0v) is 8.96. The second kappa shape index (κ2) is 4.82. The summed E-state index contributed by atoms with van der Waals surface area (Å²) in [7, 11) is 0. The van der Waals surface area contributed by atoms with E-state index in [9.17, 15) is 0 Å². The van der Waals surface area contributed by atoms with E-state index in [2.05, 4.69) is 29.0 Å². The molecule has 0 fully saturated rings. The van der Waals surface area contributed by atoms with Gasteiger partial charge in [-0.3, -0.25) is 4.98 Å². The first-order valence-corrected chi connectivity index (χ1v) is 5.30. The molecule has 0 spiro atoms. The lowest BCUT2D eigenvalue weighted by Crippen LogP contribution is -1.88. The molecule has 0 saturated carbocycles. The molecule has 0 bridgehead atoms. The fourth-order valence-corrected chi connectivity index (χ4v) is 1.50. The molecule has 0 unspecified atom stereocenters. The lowest BCUT2D eigenvalue weighted by atomic mass is 10.2. The second-order valence-electron chi connectivity index (χ2n) is 3.16. The third-order valence-electron chi connectivity index (χ3n) is 2.12. The maximum absolute atomic E-state index is 5.47. The van der Waals surface area contributed by atoms with Crippen LogP contribution in [-0.4, -0.2) is 10.9 Å². The number of para-hydroxylation sites is 1. The maximum atomic E-state index is 5.47. The molecule has 0 atom stereocenters. The molecule has 0 aliphatic rings. The Morgan fingerprint density at radius 1 is 1.07 bits per heavy atom. The van der Waals surface area contributed by atoms with Crippen molar-refractivity contribution in [3.63, 3.8) is 0 Å². The summed E-state index contributed by atoms with van der Waals surface area (Å²) in [5.41, 5.74) is 2.01. The molecule has 2 aromatic rings. The van der Waals surface area contributed by atoms with Gasteiger partial charge in [-0.2, -0.15) is 0 Å². The van der Waals surface area contributed by atoms with Crippen molar-refractivity contribution in [2.45, 2.75) is 6.42 Å². The van der Waals surface area contributed by atoms with Gasteiger partial charge in [0.05, 0.1) is 23.5 Å². The molecular weight excluding hydrogens is 206 g/mol. The Balaban J connectivity index is 2.30. The summed E-state index contributed by atoms with van der Waals surface area (Å²) >= 11 is 5.47. The lowest BCUT2D eigenvalue weighted by Gasteiger charge is -1.98. The fraction of sp³-hybridized carbons (Fsp3) is 0.154. The molecule has 15 heavy (non-hydrogen) atoms. The fourth-order valence-electron chi connectivity index (χ4n) is 1.41. The molecule has 1 aromatic heterocycles. The summed E-state index contributed by atoms with van der Waals surface area (Å²) in [6, 6.07) is 12.1. The van der Waals surface area contributed by atoms with Gasteiger partial charge in [-0.25, -0.2) is 0 Å². The van der Waals surface area contributed by atoms with Crippen LogP contribution in [0.25, 0.3) is 10.9 Å². The van der Waals surface area contributed by atoms with Crippen molar-refractivity contribution in [1.82, 2.24) is 4.98 Å². The van der Waals surface area contributed by atoms with Gasteiger partial charge >= 0.3 is 0 Å². The molecular formula is C13H10ClN. The van der Waals surface area contributed by atoms with Crippen LogP contribution in [0.15, 0.2) is 36.4 Å². The van der Waals surface area contributed by atoms with Gasteiger partial charge in [-0.1, -0.05) is 36.1 Å². The van der Waals surface area contributed by atoms with E-state index in [1.165, 1.54) is 0 Å². The predicted octanol–water partition coefficient (Wildman–Crippen LogP) is 3.02. The first-order valence-electron chi connectivity index (χ1n) is 4.76. The number of hydrogen-bond acceptors (Lipinski definition) is 1. The molecule has 0 N–H and O–H groups in total. The topological polar surface area (TPSA) is 12.9 Å². The third kappa shape index (κ3) is 2.49. The van der Waals surface area contributed by atoms with Crippen LogP contribution in [0.4, 0.5) is 0 Å². The first kappa shape index (κ1) is 10.0. The van der Waals surface area contributed by atoms with Crippen molar-refractivity contribution in [2.75, 3.05) is 5.88 Å². The summed E-state index contributed by atoms with van der Waals surface area (Å²) in [6.45, 7) is 0. The molecule has 74 valence electrons. The van der Waals surface area contributed by atoms with E-state index in [4.69, 9.17) is 11.6 Å². The molecule has 0 radical (unpaired) electrons. The van der Waals surface area contributed by atoms with E-state index in [0.717, 1.165) is 16.6 Å². The zero-order chi connectivity index (χ0) is 10.5. The molecule has 0 aliphatic carbocycles. The van der Waals surface area contributed by atoms with Crippen LogP contribution in [-0.2, 0) is 6.42 Å². The summed E-state index contributed by atoms with van der Waals surface area (Å²) < 4.78 is 0. The van der Waals surface area contributed by atoms with Gasteiger partial charge in [0.15, 0.2) is 0 Å². The number of benzene rings is 1. The summed E-state index contributed by atoms with van der Waals surface area (Å²) in [4.78, 5) is 4.50. The number of pyridine rings is 1. The number of rotatable bonds is 1. The van der Waals surface area contributed by atoms with Gasteiger partial charge in [0.1, 0.15) is 0 Å². The van der Waals surface area contributed by atoms with Crippen molar-refractivity contribution in [2.24, 2.45) is 0 Å². The summed E-state index contributed by atoms with van der Waals surface area (Å²) in [5, 5.41) is 1.16. The highest BCUT2D eigenvalue weighted by Crippen LogP contribution is 2.11. The average Bonchev–Trinajstić information content (AvgIpc) is 2.29. The van der Waals surface area contributed by atoms with Crippen molar-refractivity contribution < 1.29 is 0 Å². The molecule has 0 saturated heterocycles. The van der Waals surface area contributed by atoms with Gasteiger partial charge in [-0.05, 0) is 12.1 Å². The first-order chi connectivity index (χ1) is 7.40. The molecule has 0 amide bonds.